The zero-order valence-corrected chi connectivity index (χ0v) is 12.9. The number of imide groups is 1. The van der Waals surface area contributed by atoms with Crippen LogP contribution in [0, 0.1) is 0 Å². The Hall–Kier alpha value is -2.84. The van der Waals surface area contributed by atoms with Crippen molar-refractivity contribution in [3.8, 4) is 0 Å². The summed E-state index contributed by atoms with van der Waals surface area (Å²) in [5.74, 6) is -0.285. The average Bonchev–Trinajstić information content (AvgIpc) is 3.10. The predicted molar refractivity (Wildman–Crippen MR) is 79.0 cm³/mol. The first-order valence-corrected chi connectivity index (χ1v) is 7.32. The second-order valence-corrected chi connectivity index (χ2v) is 5.61. The van der Waals surface area contributed by atoms with Crippen LogP contribution >= 0.6 is 0 Å². The molecule has 3 heterocycles. The zero-order valence-electron chi connectivity index (χ0n) is 12.9. The van der Waals surface area contributed by atoms with E-state index in [9.17, 15) is 9.59 Å². The van der Waals surface area contributed by atoms with Crippen LogP contribution in [0.1, 0.15) is 31.3 Å². The molecule has 0 aromatic carbocycles. The van der Waals surface area contributed by atoms with Crippen LogP contribution in [0.4, 0.5) is 4.79 Å². The van der Waals surface area contributed by atoms with Crippen molar-refractivity contribution in [3.05, 3.63) is 36.2 Å². The highest BCUT2D eigenvalue weighted by molar-refractivity contribution is 6.04. The van der Waals surface area contributed by atoms with Crippen molar-refractivity contribution in [2.75, 3.05) is 0 Å². The average molecular weight is 315 g/mol. The van der Waals surface area contributed by atoms with Crippen molar-refractivity contribution in [2.24, 2.45) is 0 Å². The van der Waals surface area contributed by atoms with Gasteiger partial charge in [-0.15, -0.1) is 5.10 Å². The molecule has 1 atom stereocenters. The molecule has 2 aromatic rings. The van der Waals surface area contributed by atoms with Crippen molar-refractivity contribution in [2.45, 2.75) is 38.9 Å². The summed E-state index contributed by atoms with van der Waals surface area (Å²) in [6.07, 6.45) is 5.06. The van der Waals surface area contributed by atoms with E-state index in [1.165, 1.54) is 6.33 Å². The van der Waals surface area contributed by atoms with Gasteiger partial charge in [-0.2, -0.15) is 0 Å². The number of urea groups is 1. The van der Waals surface area contributed by atoms with Crippen LogP contribution in [0.15, 0.2) is 24.8 Å². The van der Waals surface area contributed by atoms with Crippen LogP contribution < -0.4 is 5.32 Å². The lowest BCUT2D eigenvalue weighted by Crippen LogP contribution is -2.32. The molecule has 120 valence electrons. The maximum Gasteiger partial charge on any atom is 0.325 e. The lowest BCUT2D eigenvalue weighted by molar-refractivity contribution is -0.127. The van der Waals surface area contributed by atoms with Crippen molar-refractivity contribution in [1.29, 1.82) is 0 Å². The normalized spacial score (nSPS) is 17.9. The van der Waals surface area contributed by atoms with E-state index in [1.807, 2.05) is 13.8 Å². The van der Waals surface area contributed by atoms with Gasteiger partial charge in [0.15, 0.2) is 0 Å². The Kier molecular flexibility index (Phi) is 4.00. The minimum atomic E-state index is -0.623. The van der Waals surface area contributed by atoms with Gasteiger partial charge in [-0.1, -0.05) is 5.21 Å². The zero-order chi connectivity index (χ0) is 16.4. The van der Waals surface area contributed by atoms with E-state index in [0.717, 1.165) is 4.90 Å². The molecule has 1 fully saturated rings. The number of hydrogen-bond acceptors (Lipinski definition) is 6. The van der Waals surface area contributed by atoms with Gasteiger partial charge in [0.05, 0.1) is 17.9 Å². The number of hydrogen-bond donors (Lipinski definition) is 1. The second-order valence-electron chi connectivity index (χ2n) is 5.61. The van der Waals surface area contributed by atoms with Crippen molar-refractivity contribution in [1.82, 2.24) is 35.2 Å². The molecule has 1 saturated heterocycles. The van der Waals surface area contributed by atoms with Crippen LogP contribution in [0.5, 0.6) is 0 Å². The van der Waals surface area contributed by atoms with Gasteiger partial charge < -0.3 is 5.32 Å². The highest BCUT2D eigenvalue weighted by atomic mass is 16.2. The maximum atomic E-state index is 12.4. The SMILES string of the molecule is CC(C)n1cc(CC2NC(=O)N(Cc3ccncn3)C2=O)nn1. The first-order chi connectivity index (χ1) is 11.0. The first-order valence-electron chi connectivity index (χ1n) is 7.32. The third-order valence-electron chi connectivity index (χ3n) is 3.57. The number of carbonyl (C=O) groups excluding carboxylic acids is 2. The monoisotopic (exact) mass is 315 g/mol. The summed E-state index contributed by atoms with van der Waals surface area (Å²) < 4.78 is 1.72. The molecular weight excluding hydrogens is 298 g/mol. The number of nitrogens with one attached hydrogen (secondary N) is 1. The van der Waals surface area contributed by atoms with Crippen LogP contribution in [-0.2, 0) is 17.8 Å². The molecule has 1 N–H and O–H groups in total. The molecule has 0 radical (unpaired) electrons. The summed E-state index contributed by atoms with van der Waals surface area (Å²) in [6.45, 7) is 4.11. The minimum Gasteiger partial charge on any atom is -0.325 e. The molecule has 2 aromatic heterocycles. The summed E-state index contributed by atoms with van der Waals surface area (Å²) in [5.41, 5.74) is 1.27. The first kappa shape index (κ1) is 15.1. The highest BCUT2D eigenvalue weighted by Gasteiger charge is 2.38. The van der Waals surface area contributed by atoms with E-state index in [1.54, 1.807) is 23.1 Å². The van der Waals surface area contributed by atoms with Gasteiger partial charge >= 0.3 is 6.03 Å². The van der Waals surface area contributed by atoms with Crippen molar-refractivity contribution in [3.63, 3.8) is 0 Å². The van der Waals surface area contributed by atoms with Gasteiger partial charge in [0, 0.05) is 24.9 Å². The Morgan fingerprint density at radius 3 is 2.78 bits per heavy atom. The molecule has 9 nitrogen and oxygen atoms in total. The van der Waals surface area contributed by atoms with Gasteiger partial charge in [0.1, 0.15) is 12.4 Å². The molecule has 0 aliphatic carbocycles. The smallest absolute Gasteiger partial charge is 0.325 e. The fraction of sp³-hybridized carbons (Fsp3) is 0.429. The molecule has 23 heavy (non-hydrogen) atoms. The van der Waals surface area contributed by atoms with Crippen LogP contribution in [0.2, 0.25) is 0 Å². The van der Waals surface area contributed by atoms with E-state index < -0.39 is 12.1 Å². The third kappa shape index (κ3) is 3.17. The van der Waals surface area contributed by atoms with Crippen LogP contribution in [0.25, 0.3) is 0 Å². The summed E-state index contributed by atoms with van der Waals surface area (Å²) in [5, 5.41) is 10.7. The van der Waals surface area contributed by atoms with Crippen molar-refractivity contribution >= 4 is 11.9 Å². The Balaban J connectivity index is 1.68. The largest absolute Gasteiger partial charge is 0.325 e. The number of aromatic nitrogens is 5. The fourth-order valence-electron chi connectivity index (χ4n) is 2.31. The quantitative estimate of drug-likeness (QED) is 0.796. The van der Waals surface area contributed by atoms with Crippen LogP contribution in [-0.4, -0.2) is 47.8 Å². The van der Waals surface area contributed by atoms with E-state index in [0.29, 0.717) is 17.8 Å². The van der Waals surface area contributed by atoms with Crippen LogP contribution in [0.3, 0.4) is 0 Å². The molecule has 1 aliphatic heterocycles. The summed E-state index contributed by atoms with van der Waals surface area (Å²) in [6, 6.07) is 0.818. The Morgan fingerprint density at radius 2 is 2.13 bits per heavy atom. The molecule has 9 heteroatoms. The minimum absolute atomic E-state index is 0.127. The van der Waals surface area contributed by atoms with Gasteiger partial charge in [-0.05, 0) is 19.9 Å². The Bertz CT molecular complexity index is 713. The molecule has 0 bridgehead atoms. The highest BCUT2D eigenvalue weighted by Crippen LogP contribution is 2.14. The van der Waals surface area contributed by atoms with E-state index in [2.05, 4.69) is 25.6 Å². The van der Waals surface area contributed by atoms with Gasteiger partial charge in [0.25, 0.3) is 5.91 Å². The Morgan fingerprint density at radius 1 is 1.30 bits per heavy atom. The molecule has 3 rings (SSSR count). The maximum absolute atomic E-state index is 12.4. The van der Waals surface area contributed by atoms with E-state index >= 15 is 0 Å². The topological polar surface area (TPSA) is 106 Å². The van der Waals surface area contributed by atoms with E-state index in [-0.39, 0.29) is 18.5 Å². The molecular formula is C14H17N7O2. The molecule has 0 spiro atoms. The predicted octanol–water partition coefficient (Wildman–Crippen LogP) is 0.312. The number of carbonyl (C=O) groups is 2. The lowest BCUT2D eigenvalue weighted by atomic mass is 10.1. The third-order valence-corrected chi connectivity index (χ3v) is 3.57. The van der Waals surface area contributed by atoms with Gasteiger partial charge in [-0.25, -0.2) is 19.4 Å². The molecule has 1 aliphatic rings. The standard InChI is InChI=1S/C14H17N7O2/c1-9(2)21-7-11(18-19-21)5-12-13(22)20(14(23)17-12)6-10-3-4-15-8-16-10/h3-4,7-9,12H,5-6H2,1-2H3,(H,17,23). The number of amides is 3. The van der Waals surface area contributed by atoms with Gasteiger partial charge in [0.2, 0.25) is 0 Å². The van der Waals surface area contributed by atoms with Crippen molar-refractivity contribution < 1.29 is 9.59 Å². The summed E-state index contributed by atoms with van der Waals surface area (Å²) >= 11 is 0. The summed E-state index contributed by atoms with van der Waals surface area (Å²) in [7, 11) is 0. The Labute approximate surface area is 132 Å². The molecule has 3 amide bonds. The molecule has 0 saturated carbocycles. The lowest BCUT2D eigenvalue weighted by Gasteiger charge is -2.11. The van der Waals surface area contributed by atoms with Gasteiger partial charge in [-0.3, -0.25) is 9.69 Å². The summed E-state index contributed by atoms with van der Waals surface area (Å²) in [4.78, 5) is 33.4. The number of nitrogens with zero attached hydrogens (tertiary/aromatic N) is 6. The van der Waals surface area contributed by atoms with E-state index in [4.69, 9.17) is 0 Å². The fourth-order valence-corrected chi connectivity index (χ4v) is 2.31. The number of rotatable bonds is 5. The second kappa shape index (κ2) is 6.11. The molecule has 1 unspecified atom stereocenters.